The van der Waals surface area contributed by atoms with E-state index in [4.69, 9.17) is 14.2 Å². The van der Waals surface area contributed by atoms with E-state index in [1.807, 2.05) is 68.4 Å². The van der Waals surface area contributed by atoms with Crippen molar-refractivity contribution in [2.75, 3.05) is 38.8 Å². The zero-order chi connectivity index (χ0) is 19.2. The molecule has 0 saturated heterocycles. The quantitative estimate of drug-likeness (QED) is 0.698. The van der Waals surface area contributed by atoms with Crippen LogP contribution in [0.3, 0.4) is 0 Å². The smallest absolute Gasteiger partial charge is 0.161 e. The Morgan fingerprint density at radius 2 is 1.89 bits per heavy atom. The van der Waals surface area contributed by atoms with Gasteiger partial charge in [-0.1, -0.05) is 6.07 Å². The summed E-state index contributed by atoms with van der Waals surface area (Å²) in [4.78, 5) is 14.4. The standard InChI is InChI=1S/C22H25NO4/c1-4-25-21-15-18(23(2)3)8-6-17(21)7-9-19(24)13-16-5-10-20-22(14-16)27-12-11-26-20/h5-10,14-15H,4,11-13H2,1-3H3/b9-7+. The van der Waals surface area contributed by atoms with Crippen LogP contribution in [-0.2, 0) is 11.2 Å². The van der Waals surface area contributed by atoms with Gasteiger partial charge in [0.1, 0.15) is 19.0 Å². The highest BCUT2D eigenvalue weighted by molar-refractivity contribution is 5.95. The summed E-state index contributed by atoms with van der Waals surface area (Å²) in [7, 11) is 3.97. The predicted molar refractivity (Wildman–Crippen MR) is 107 cm³/mol. The van der Waals surface area contributed by atoms with Crippen molar-refractivity contribution in [1.29, 1.82) is 0 Å². The number of hydrogen-bond donors (Lipinski definition) is 0. The number of rotatable bonds is 7. The molecule has 0 spiro atoms. The molecule has 5 heteroatoms. The number of carbonyl (C=O) groups is 1. The molecule has 2 aromatic carbocycles. The van der Waals surface area contributed by atoms with Crippen LogP contribution in [0, 0.1) is 0 Å². The third kappa shape index (κ3) is 4.82. The molecule has 0 unspecified atom stereocenters. The molecule has 142 valence electrons. The molecule has 27 heavy (non-hydrogen) atoms. The lowest BCUT2D eigenvalue weighted by Crippen LogP contribution is -2.15. The van der Waals surface area contributed by atoms with E-state index in [-0.39, 0.29) is 5.78 Å². The van der Waals surface area contributed by atoms with Crippen LogP contribution < -0.4 is 19.1 Å². The Balaban J connectivity index is 1.71. The predicted octanol–water partition coefficient (Wildman–Crippen LogP) is 3.75. The number of ether oxygens (including phenoxy) is 3. The van der Waals surface area contributed by atoms with Crippen LogP contribution in [0.4, 0.5) is 5.69 Å². The lowest BCUT2D eigenvalue weighted by atomic mass is 10.1. The van der Waals surface area contributed by atoms with E-state index >= 15 is 0 Å². The maximum atomic E-state index is 12.4. The monoisotopic (exact) mass is 367 g/mol. The van der Waals surface area contributed by atoms with Crippen molar-refractivity contribution in [3.63, 3.8) is 0 Å². The van der Waals surface area contributed by atoms with E-state index in [0.717, 1.165) is 28.3 Å². The van der Waals surface area contributed by atoms with Crippen LogP contribution in [-0.4, -0.2) is 39.7 Å². The number of hydrogen-bond acceptors (Lipinski definition) is 5. The summed E-state index contributed by atoms with van der Waals surface area (Å²) in [6.07, 6.45) is 3.72. The van der Waals surface area contributed by atoms with Gasteiger partial charge in [0, 0.05) is 37.8 Å². The van der Waals surface area contributed by atoms with Gasteiger partial charge >= 0.3 is 0 Å². The Labute approximate surface area is 160 Å². The first-order chi connectivity index (χ1) is 13.1. The molecular formula is C22H25NO4. The SMILES string of the molecule is CCOc1cc(N(C)C)ccc1/C=C/C(=O)Cc1ccc2c(c1)OCCO2. The third-order valence-corrected chi connectivity index (χ3v) is 4.25. The van der Waals surface area contributed by atoms with Crippen LogP contribution >= 0.6 is 0 Å². The molecule has 0 radical (unpaired) electrons. The molecule has 1 aliphatic heterocycles. The second-order valence-corrected chi connectivity index (χ2v) is 6.50. The number of benzene rings is 2. The summed E-state index contributed by atoms with van der Waals surface area (Å²) in [5.41, 5.74) is 2.85. The van der Waals surface area contributed by atoms with Crippen molar-refractivity contribution in [2.24, 2.45) is 0 Å². The zero-order valence-electron chi connectivity index (χ0n) is 16.0. The number of ketones is 1. The van der Waals surface area contributed by atoms with Crippen molar-refractivity contribution >= 4 is 17.5 Å². The summed E-state index contributed by atoms with van der Waals surface area (Å²) in [5, 5.41) is 0. The van der Waals surface area contributed by atoms with E-state index in [2.05, 4.69) is 0 Å². The summed E-state index contributed by atoms with van der Waals surface area (Å²) >= 11 is 0. The van der Waals surface area contributed by atoms with E-state index in [1.165, 1.54) is 0 Å². The summed E-state index contributed by atoms with van der Waals surface area (Å²) in [6.45, 7) is 3.61. The second-order valence-electron chi connectivity index (χ2n) is 6.50. The molecule has 0 N–H and O–H groups in total. The second kappa shape index (κ2) is 8.62. The van der Waals surface area contributed by atoms with Crippen LogP contribution in [0.25, 0.3) is 6.08 Å². The maximum Gasteiger partial charge on any atom is 0.161 e. The first-order valence-electron chi connectivity index (χ1n) is 9.10. The zero-order valence-corrected chi connectivity index (χ0v) is 16.0. The van der Waals surface area contributed by atoms with Crippen LogP contribution in [0.2, 0.25) is 0 Å². The molecule has 0 aliphatic carbocycles. The molecule has 0 aromatic heterocycles. The Kier molecular flexibility index (Phi) is 6.01. The molecule has 1 aliphatic rings. The lowest BCUT2D eigenvalue weighted by Gasteiger charge is -2.18. The van der Waals surface area contributed by atoms with Gasteiger partial charge in [-0.3, -0.25) is 4.79 Å². The van der Waals surface area contributed by atoms with Crippen molar-refractivity contribution < 1.29 is 19.0 Å². The normalized spacial score (nSPS) is 12.9. The number of carbonyl (C=O) groups excluding carboxylic acids is 1. The van der Waals surface area contributed by atoms with Crippen molar-refractivity contribution in [3.05, 3.63) is 53.6 Å². The lowest BCUT2D eigenvalue weighted by molar-refractivity contribution is -0.113. The highest BCUT2D eigenvalue weighted by Gasteiger charge is 2.12. The first-order valence-corrected chi connectivity index (χ1v) is 9.10. The van der Waals surface area contributed by atoms with Gasteiger partial charge in [0.2, 0.25) is 0 Å². The summed E-state index contributed by atoms with van der Waals surface area (Å²) in [5.74, 6) is 2.22. The molecular weight excluding hydrogens is 342 g/mol. The van der Waals surface area contributed by atoms with Gasteiger partial charge in [-0.15, -0.1) is 0 Å². The van der Waals surface area contributed by atoms with Gasteiger partial charge in [0.05, 0.1) is 6.61 Å². The van der Waals surface area contributed by atoms with Gasteiger partial charge in [0.25, 0.3) is 0 Å². The van der Waals surface area contributed by atoms with Gasteiger partial charge < -0.3 is 19.1 Å². The largest absolute Gasteiger partial charge is 0.493 e. The minimum atomic E-state index is 0.0193. The number of anilines is 1. The fourth-order valence-corrected chi connectivity index (χ4v) is 2.86. The highest BCUT2D eigenvalue weighted by atomic mass is 16.6. The molecule has 2 aromatic rings. The molecule has 3 rings (SSSR count). The van der Waals surface area contributed by atoms with Gasteiger partial charge in [0.15, 0.2) is 17.3 Å². The Morgan fingerprint density at radius 3 is 2.63 bits per heavy atom. The number of nitrogens with zero attached hydrogens (tertiary/aromatic N) is 1. The number of fused-ring (bicyclic) bond motifs is 1. The molecule has 1 heterocycles. The number of allylic oxidation sites excluding steroid dienone is 1. The molecule has 0 saturated carbocycles. The van der Waals surface area contributed by atoms with Gasteiger partial charge in [-0.25, -0.2) is 0 Å². The topological polar surface area (TPSA) is 48.0 Å². The molecule has 0 amide bonds. The average Bonchev–Trinajstić information content (AvgIpc) is 2.67. The van der Waals surface area contributed by atoms with Crippen LogP contribution in [0.1, 0.15) is 18.1 Å². The Morgan fingerprint density at radius 1 is 1.11 bits per heavy atom. The van der Waals surface area contributed by atoms with E-state index in [9.17, 15) is 4.79 Å². The minimum absolute atomic E-state index is 0.0193. The summed E-state index contributed by atoms with van der Waals surface area (Å²) < 4.78 is 16.8. The first kappa shape index (κ1) is 18.8. The Bertz CT molecular complexity index is 842. The maximum absolute atomic E-state index is 12.4. The fourth-order valence-electron chi connectivity index (χ4n) is 2.86. The van der Waals surface area contributed by atoms with E-state index in [0.29, 0.717) is 32.0 Å². The fraction of sp³-hybridized carbons (Fsp3) is 0.318. The molecule has 0 bridgehead atoms. The minimum Gasteiger partial charge on any atom is -0.493 e. The van der Waals surface area contributed by atoms with Crippen molar-refractivity contribution in [2.45, 2.75) is 13.3 Å². The van der Waals surface area contributed by atoms with E-state index < -0.39 is 0 Å². The highest BCUT2D eigenvalue weighted by Crippen LogP contribution is 2.31. The van der Waals surface area contributed by atoms with Gasteiger partial charge in [-0.05, 0) is 48.9 Å². The Hall–Kier alpha value is -2.95. The van der Waals surface area contributed by atoms with Crippen LogP contribution in [0.5, 0.6) is 17.2 Å². The van der Waals surface area contributed by atoms with Crippen molar-refractivity contribution in [3.8, 4) is 17.2 Å². The molecule has 5 nitrogen and oxygen atoms in total. The third-order valence-electron chi connectivity index (χ3n) is 4.25. The van der Waals surface area contributed by atoms with Crippen LogP contribution in [0.15, 0.2) is 42.5 Å². The average molecular weight is 367 g/mol. The molecule has 0 atom stereocenters. The van der Waals surface area contributed by atoms with Crippen molar-refractivity contribution in [1.82, 2.24) is 0 Å². The molecule has 0 fully saturated rings. The van der Waals surface area contributed by atoms with E-state index in [1.54, 1.807) is 6.08 Å². The van der Waals surface area contributed by atoms with Gasteiger partial charge in [-0.2, -0.15) is 0 Å². The summed E-state index contributed by atoms with van der Waals surface area (Å²) in [6, 6.07) is 11.6.